The fourth-order valence-corrected chi connectivity index (χ4v) is 9.44. The lowest BCUT2D eigenvalue weighted by molar-refractivity contribution is 0.590. The summed E-state index contributed by atoms with van der Waals surface area (Å²) >= 11 is 0. The van der Waals surface area contributed by atoms with Gasteiger partial charge in [-0.05, 0) is 129 Å². The van der Waals surface area contributed by atoms with Gasteiger partial charge in [-0.3, -0.25) is 0 Å². The second-order valence-electron chi connectivity index (χ2n) is 19.8. The van der Waals surface area contributed by atoms with Crippen molar-refractivity contribution in [3.8, 4) is 5.69 Å². The number of para-hydroxylation sites is 2. The maximum absolute atomic E-state index is 9.25. The Morgan fingerprint density at radius 3 is 1.61 bits per heavy atom. The molecule has 4 heteroatoms. The first-order valence-corrected chi connectivity index (χ1v) is 21.0. The Labute approximate surface area is 356 Å². The number of fused-ring (bicyclic) bond motifs is 7. The number of benzene rings is 7. The second kappa shape index (κ2) is 13.0. The molecule has 0 atom stereocenters. The SMILES string of the molecule is [2H]c1c([2H])c([2H])c2c(c1[2H])c1ccccc1n2-c1ccc2c(c1)N(c1ccc(C(C)(C)C)cc1)c1cc(C)cc3c1B2c1cc(C(C)(C)C)ccc1N3c1ccc(C(C)(C)C)cc1. The molecule has 0 saturated carbocycles. The molecule has 0 spiro atoms. The third-order valence-corrected chi connectivity index (χ3v) is 12.6. The molecule has 8 aromatic rings. The summed E-state index contributed by atoms with van der Waals surface area (Å²) in [6.07, 6.45) is 0. The van der Waals surface area contributed by atoms with Crippen molar-refractivity contribution in [1.82, 2.24) is 4.57 Å². The van der Waals surface area contributed by atoms with Crippen LogP contribution >= 0.6 is 0 Å². The first-order chi connectivity index (χ1) is 29.7. The van der Waals surface area contributed by atoms with E-state index in [4.69, 9.17) is 4.11 Å². The van der Waals surface area contributed by atoms with Crippen molar-refractivity contribution in [3.63, 3.8) is 0 Å². The first-order valence-electron chi connectivity index (χ1n) is 23.0. The molecule has 0 amide bonds. The highest BCUT2D eigenvalue weighted by Gasteiger charge is 2.44. The standard InChI is InChI=1S/C55H54BN3/c1-35-31-50-52-51(32-35)58(40-26-21-37(22-27-40)54(5,6)7)49-34-41(59-46-17-13-11-15-42(46)43-16-12-14-18-47(43)59)28-29-44(49)56(52)45-33-38(55(8,9)10)23-30-48(45)57(50)39-24-19-36(20-25-39)53(2,3)4/h11-34H,1-10H3/i11D,13D,15D,17D. The maximum Gasteiger partial charge on any atom is 0.252 e. The molecule has 2 aliphatic rings. The van der Waals surface area contributed by atoms with Gasteiger partial charge in [0, 0.05) is 50.6 Å². The van der Waals surface area contributed by atoms with E-state index >= 15 is 0 Å². The molecule has 0 aliphatic carbocycles. The van der Waals surface area contributed by atoms with Crippen LogP contribution in [0.4, 0.5) is 34.1 Å². The molecule has 0 bridgehead atoms. The molecule has 0 fully saturated rings. The summed E-state index contributed by atoms with van der Waals surface area (Å²) in [6, 6.07) is 43.9. The van der Waals surface area contributed by atoms with Crippen LogP contribution in [0.5, 0.6) is 0 Å². The molecule has 3 heterocycles. The van der Waals surface area contributed by atoms with E-state index in [9.17, 15) is 1.37 Å². The molecule has 0 radical (unpaired) electrons. The molecule has 10 rings (SSSR count). The summed E-state index contributed by atoms with van der Waals surface area (Å²) in [5, 5.41) is 1.32. The molecule has 0 unspecified atom stereocenters. The smallest absolute Gasteiger partial charge is 0.252 e. The minimum Gasteiger partial charge on any atom is -0.311 e. The molecule has 2 aliphatic heterocycles. The topological polar surface area (TPSA) is 11.4 Å². The molecule has 0 N–H and O–H groups in total. The van der Waals surface area contributed by atoms with Crippen LogP contribution in [0.1, 0.15) is 90.1 Å². The first kappa shape index (κ1) is 32.9. The van der Waals surface area contributed by atoms with Gasteiger partial charge in [0.1, 0.15) is 0 Å². The number of anilines is 6. The molecule has 292 valence electrons. The number of aromatic nitrogens is 1. The summed E-state index contributed by atoms with van der Waals surface area (Å²) in [7, 11) is 0. The molecular formula is C55H54BN3. The molecule has 59 heavy (non-hydrogen) atoms. The number of hydrogen-bond acceptors (Lipinski definition) is 2. The molecular weight excluding hydrogens is 713 g/mol. The van der Waals surface area contributed by atoms with Gasteiger partial charge < -0.3 is 14.4 Å². The van der Waals surface area contributed by atoms with Crippen LogP contribution in [0.15, 0.2) is 145 Å². The summed E-state index contributed by atoms with van der Waals surface area (Å²) < 4.78 is 37.7. The maximum atomic E-state index is 9.25. The largest absolute Gasteiger partial charge is 0.311 e. The van der Waals surface area contributed by atoms with Gasteiger partial charge in [-0.25, -0.2) is 0 Å². The van der Waals surface area contributed by atoms with Crippen molar-refractivity contribution in [1.29, 1.82) is 0 Å². The quantitative estimate of drug-likeness (QED) is 0.166. The lowest BCUT2D eigenvalue weighted by Crippen LogP contribution is -2.61. The summed E-state index contributed by atoms with van der Waals surface area (Å²) in [5.74, 6) is 0. The van der Waals surface area contributed by atoms with Crippen molar-refractivity contribution in [3.05, 3.63) is 168 Å². The fraction of sp³-hybridized carbons (Fsp3) is 0.236. The van der Waals surface area contributed by atoms with Crippen LogP contribution in [-0.4, -0.2) is 11.3 Å². The molecule has 1 aromatic heterocycles. The van der Waals surface area contributed by atoms with E-state index in [0.29, 0.717) is 10.9 Å². The molecule has 3 nitrogen and oxygen atoms in total. The van der Waals surface area contributed by atoms with Crippen LogP contribution < -0.4 is 26.2 Å². The predicted octanol–water partition coefficient (Wildman–Crippen LogP) is 13.1. The van der Waals surface area contributed by atoms with Gasteiger partial charge in [0.05, 0.1) is 16.5 Å². The summed E-state index contributed by atoms with van der Waals surface area (Å²) in [4.78, 5) is 4.90. The predicted molar refractivity (Wildman–Crippen MR) is 256 cm³/mol. The monoisotopic (exact) mass is 771 g/mol. The average Bonchev–Trinajstić information content (AvgIpc) is 3.59. The molecule has 7 aromatic carbocycles. The third kappa shape index (κ3) is 5.94. The van der Waals surface area contributed by atoms with Crippen molar-refractivity contribution in [2.75, 3.05) is 9.80 Å². The summed E-state index contributed by atoms with van der Waals surface area (Å²) in [6.45, 7) is 22.5. The Bertz CT molecular complexity index is 3180. The fourth-order valence-electron chi connectivity index (χ4n) is 9.44. The van der Waals surface area contributed by atoms with E-state index in [-0.39, 0.29) is 47.1 Å². The molecule has 0 saturated heterocycles. The van der Waals surface area contributed by atoms with E-state index in [0.717, 1.165) is 50.6 Å². The van der Waals surface area contributed by atoms with Crippen LogP contribution in [0.2, 0.25) is 0 Å². The van der Waals surface area contributed by atoms with Gasteiger partial charge in [-0.1, -0.05) is 141 Å². The zero-order valence-electron chi connectivity index (χ0n) is 40.0. The average molecular weight is 772 g/mol. The van der Waals surface area contributed by atoms with Crippen molar-refractivity contribution in [2.24, 2.45) is 0 Å². The van der Waals surface area contributed by atoms with Crippen molar-refractivity contribution in [2.45, 2.75) is 85.5 Å². The Balaban J connectivity index is 1.30. The highest BCUT2D eigenvalue weighted by atomic mass is 15.2. The Morgan fingerprint density at radius 2 is 1.00 bits per heavy atom. The second-order valence-corrected chi connectivity index (χ2v) is 19.8. The van der Waals surface area contributed by atoms with Gasteiger partial charge in [0.15, 0.2) is 0 Å². The van der Waals surface area contributed by atoms with Gasteiger partial charge in [-0.15, -0.1) is 0 Å². The van der Waals surface area contributed by atoms with Crippen LogP contribution in [0, 0.1) is 6.92 Å². The Hall–Kier alpha value is -6.00. The summed E-state index contributed by atoms with van der Waals surface area (Å²) in [5.41, 5.74) is 17.4. The highest BCUT2D eigenvalue weighted by molar-refractivity contribution is 7.00. The minimum atomic E-state index is -0.238. The van der Waals surface area contributed by atoms with Crippen LogP contribution in [0.3, 0.4) is 0 Å². The number of aryl methyl sites for hydroxylation is 1. The van der Waals surface area contributed by atoms with Crippen LogP contribution in [0.25, 0.3) is 27.5 Å². The van der Waals surface area contributed by atoms with Gasteiger partial charge in [-0.2, -0.15) is 0 Å². The highest BCUT2D eigenvalue weighted by Crippen LogP contribution is 2.46. The normalized spacial score (nSPS) is 14.8. The zero-order chi connectivity index (χ0) is 44.7. The number of nitrogens with zero attached hydrogens (tertiary/aromatic N) is 3. The minimum absolute atomic E-state index is 0.0204. The van der Waals surface area contributed by atoms with E-state index in [1.165, 1.54) is 38.8 Å². The Kier molecular flexibility index (Phi) is 7.25. The number of rotatable bonds is 3. The van der Waals surface area contributed by atoms with Crippen molar-refractivity contribution >= 4 is 79.0 Å². The van der Waals surface area contributed by atoms with Crippen LogP contribution in [-0.2, 0) is 16.2 Å². The van der Waals surface area contributed by atoms with Gasteiger partial charge >= 0.3 is 0 Å². The lowest BCUT2D eigenvalue weighted by Gasteiger charge is -2.45. The number of hydrogen-bond donors (Lipinski definition) is 0. The third-order valence-electron chi connectivity index (χ3n) is 12.6. The zero-order valence-corrected chi connectivity index (χ0v) is 36.0. The van der Waals surface area contributed by atoms with E-state index in [2.05, 4.69) is 176 Å². The Morgan fingerprint density at radius 1 is 0.458 bits per heavy atom. The van der Waals surface area contributed by atoms with E-state index < -0.39 is 0 Å². The lowest BCUT2D eigenvalue weighted by atomic mass is 9.33. The van der Waals surface area contributed by atoms with E-state index in [1.54, 1.807) is 0 Å². The van der Waals surface area contributed by atoms with Crippen molar-refractivity contribution < 1.29 is 5.48 Å². The van der Waals surface area contributed by atoms with Gasteiger partial charge in [0.2, 0.25) is 0 Å². The van der Waals surface area contributed by atoms with Gasteiger partial charge in [0.25, 0.3) is 6.71 Å². The van der Waals surface area contributed by atoms with E-state index in [1.807, 2.05) is 28.8 Å².